The van der Waals surface area contributed by atoms with Crippen LogP contribution < -0.4 is 10.5 Å². The van der Waals surface area contributed by atoms with E-state index in [2.05, 4.69) is 54.9 Å². The zero-order chi connectivity index (χ0) is 15.5. The Hall–Kier alpha value is -2.26. The topological polar surface area (TPSA) is 40.2 Å². The molecule has 3 heteroatoms. The van der Waals surface area contributed by atoms with Gasteiger partial charge in [-0.2, -0.15) is 0 Å². The van der Waals surface area contributed by atoms with Gasteiger partial charge < -0.3 is 15.0 Å². The van der Waals surface area contributed by atoms with Crippen molar-refractivity contribution in [1.29, 1.82) is 0 Å². The van der Waals surface area contributed by atoms with Crippen LogP contribution in [-0.2, 0) is 19.7 Å². The van der Waals surface area contributed by atoms with E-state index in [0.29, 0.717) is 13.2 Å². The van der Waals surface area contributed by atoms with Crippen molar-refractivity contribution in [2.24, 2.45) is 5.73 Å². The van der Waals surface area contributed by atoms with E-state index >= 15 is 0 Å². The van der Waals surface area contributed by atoms with Gasteiger partial charge in [0.2, 0.25) is 0 Å². The van der Waals surface area contributed by atoms with Gasteiger partial charge in [-0.25, -0.2) is 0 Å². The lowest BCUT2D eigenvalue weighted by Gasteiger charge is -2.06. The van der Waals surface area contributed by atoms with Crippen LogP contribution in [0.4, 0.5) is 0 Å². The van der Waals surface area contributed by atoms with Gasteiger partial charge >= 0.3 is 0 Å². The molecule has 0 radical (unpaired) electrons. The van der Waals surface area contributed by atoms with Crippen LogP contribution in [0.15, 0.2) is 48.7 Å². The Labute approximate surface area is 131 Å². The molecule has 3 rings (SSSR count). The molecule has 0 fully saturated rings. The van der Waals surface area contributed by atoms with Crippen molar-refractivity contribution < 1.29 is 4.74 Å². The zero-order valence-electron chi connectivity index (χ0n) is 13.2. The summed E-state index contributed by atoms with van der Waals surface area (Å²) in [5, 5.41) is 1.23. The molecule has 0 aliphatic rings. The van der Waals surface area contributed by atoms with Gasteiger partial charge in [0.1, 0.15) is 12.4 Å². The normalized spacial score (nSPS) is 11.0. The highest BCUT2D eigenvalue weighted by molar-refractivity contribution is 5.84. The molecule has 2 N–H and O–H groups in total. The van der Waals surface area contributed by atoms with E-state index < -0.39 is 0 Å². The lowest BCUT2D eigenvalue weighted by Crippen LogP contribution is -1.97. The van der Waals surface area contributed by atoms with Gasteiger partial charge in [0.05, 0.1) is 0 Å². The maximum absolute atomic E-state index is 5.94. The van der Waals surface area contributed by atoms with Crippen LogP contribution >= 0.6 is 0 Å². The SMILES string of the molecule is CCn1cc(COc2ccc(C)cc2)c2cc(CN)ccc21. The second kappa shape index (κ2) is 6.24. The summed E-state index contributed by atoms with van der Waals surface area (Å²) in [5.74, 6) is 0.901. The molecule has 22 heavy (non-hydrogen) atoms. The van der Waals surface area contributed by atoms with Crippen molar-refractivity contribution in [3.63, 3.8) is 0 Å². The van der Waals surface area contributed by atoms with Crippen LogP contribution in [0.5, 0.6) is 5.75 Å². The number of aromatic nitrogens is 1. The first-order valence-electron chi connectivity index (χ1n) is 7.71. The number of benzene rings is 2. The zero-order valence-corrected chi connectivity index (χ0v) is 13.2. The van der Waals surface area contributed by atoms with Crippen LogP contribution in [0.25, 0.3) is 10.9 Å². The maximum Gasteiger partial charge on any atom is 0.119 e. The minimum absolute atomic E-state index is 0.561. The minimum Gasteiger partial charge on any atom is -0.489 e. The molecule has 1 aromatic heterocycles. The number of ether oxygens (including phenoxy) is 1. The molecule has 0 atom stereocenters. The van der Waals surface area contributed by atoms with Crippen LogP contribution in [0.3, 0.4) is 0 Å². The van der Waals surface area contributed by atoms with Crippen molar-refractivity contribution in [2.45, 2.75) is 33.5 Å². The number of nitrogens with zero attached hydrogens (tertiary/aromatic N) is 1. The number of fused-ring (bicyclic) bond motifs is 1. The molecule has 2 aromatic carbocycles. The molecule has 3 aromatic rings. The Morgan fingerprint density at radius 1 is 1.09 bits per heavy atom. The van der Waals surface area contributed by atoms with Gasteiger partial charge in [-0.3, -0.25) is 0 Å². The van der Waals surface area contributed by atoms with Gasteiger partial charge in [-0.05, 0) is 43.7 Å². The van der Waals surface area contributed by atoms with Gasteiger partial charge in [0, 0.05) is 35.8 Å². The van der Waals surface area contributed by atoms with Crippen molar-refractivity contribution in [3.05, 3.63) is 65.4 Å². The number of rotatable bonds is 5. The Kier molecular flexibility index (Phi) is 4.16. The fraction of sp³-hybridized carbons (Fsp3) is 0.263. The van der Waals surface area contributed by atoms with E-state index in [9.17, 15) is 0 Å². The van der Waals surface area contributed by atoms with Gasteiger partial charge in [0.25, 0.3) is 0 Å². The second-order valence-corrected chi connectivity index (χ2v) is 5.60. The van der Waals surface area contributed by atoms with Crippen LogP contribution in [-0.4, -0.2) is 4.57 Å². The summed E-state index contributed by atoms with van der Waals surface area (Å²) in [6, 6.07) is 14.6. The Bertz CT molecular complexity index is 772. The summed E-state index contributed by atoms with van der Waals surface area (Å²) in [7, 11) is 0. The summed E-state index contributed by atoms with van der Waals surface area (Å²) >= 11 is 0. The van der Waals surface area contributed by atoms with Crippen LogP contribution in [0, 0.1) is 6.92 Å². The van der Waals surface area contributed by atoms with Crippen molar-refractivity contribution in [3.8, 4) is 5.75 Å². The first kappa shape index (κ1) is 14.7. The Morgan fingerprint density at radius 3 is 2.55 bits per heavy atom. The summed E-state index contributed by atoms with van der Waals surface area (Å²) < 4.78 is 8.20. The van der Waals surface area contributed by atoms with E-state index in [0.717, 1.165) is 17.9 Å². The molecule has 1 heterocycles. The fourth-order valence-corrected chi connectivity index (χ4v) is 2.72. The first-order chi connectivity index (χ1) is 10.7. The summed E-state index contributed by atoms with van der Waals surface area (Å²) in [6.07, 6.45) is 2.18. The molecule has 0 aliphatic carbocycles. The molecular formula is C19H22N2O. The van der Waals surface area contributed by atoms with Crippen molar-refractivity contribution in [2.75, 3.05) is 0 Å². The predicted octanol–water partition coefficient (Wildman–Crippen LogP) is 4.01. The minimum atomic E-state index is 0.561. The maximum atomic E-state index is 5.94. The van der Waals surface area contributed by atoms with E-state index in [1.807, 2.05) is 12.1 Å². The van der Waals surface area contributed by atoms with Gasteiger partial charge in [0.15, 0.2) is 0 Å². The number of hydrogen-bond donors (Lipinski definition) is 1. The lowest BCUT2D eigenvalue weighted by atomic mass is 10.1. The highest BCUT2D eigenvalue weighted by Gasteiger charge is 2.09. The third kappa shape index (κ3) is 2.85. The average Bonchev–Trinajstić information content (AvgIpc) is 2.91. The monoisotopic (exact) mass is 294 g/mol. The number of hydrogen-bond acceptors (Lipinski definition) is 2. The Morgan fingerprint density at radius 2 is 1.86 bits per heavy atom. The molecule has 0 bridgehead atoms. The highest BCUT2D eigenvalue weighted by atomic mass is 16.5. The van der Waals surface area contributed by atoms with Crippen molar-refractivity contribution in [1.82, 2.24) is 4.57 Å². The average molecular weight is 294 g/mol. The lowest BCUT2D eigenvalue weighted by molar-refractivity contribution is 0.307. The smallest absolute Gasteiger partial charge is 0.119 e. The summed E-state index contributed by atoms with van der Waals surface area (Å²) in [6.45, 7) is 6.31. The molecule has 114 valence electrons. The third-order valence-corrected chi connectivity index (χ3v) is 4.02. The second-order valence-electron chi connectivity index (χ2n) is 5.60. The molecular weight excluding hydrogens is 272 g/mol. The molecule has 0 aliphatic heterocycles. The predicted molar refractivity (Wildman–Crippen MR) is 91.0 cm³/mol. The van der Waals surface area contributed by atoms with E-state index in [4.69, 9.17) is 10.5 Å². The first-order valence-corrected chi connectivity index (χ1v) is 7.71. The van der Waals surface area contributed by atoms with Crippen LogP contribution in [0.1, 0.15) is 23.6 Å². The molecule has 0 unspecified atom stereocenters. The van der Waals surface area contributed by atoms with E-state index in [1.165, 1.54) is 22.0 Å². The molecule has 0 amide bonds. The van der Waals surface area contributed by atoms with Gasteiger partial charge in [-0.15, -0.1) is 0 Å². The molecule has 0 spiro atoms. The summed E-state index contributed by atoms with van der Waals surface area (Å²) in [5.41, 5.74) is 10.6. The van der Waals surface area contributed by atoms with Gasteiger partial charge in [-0.1, -0.05) is 23.8 Å². The third-order valence-electron chi connectivity index (χ3n) is 4.02. The molecule has 0 saturated carbocycles. The van der Waals surface area contributed by atoms with E-state index in [1.54, 1.807) is 0 Å². The van der Waals surface area contributed by atoms with E-state index in [-0.39, 0.29) is 0 Å². The number of aryl methyl sites for hydroxylation is 2. The Balaban J connectivity index is 1.90. The fourth-order valence-electron chi connectivity index (χ4n) is 2.72. The molecule has 0 saturated heterocycles. The standard InChI is InChI=1S/C19H22N2O/c1-3-21-12-16(13-22-17-7-4-14(2)5-8-17)18-10-15(11-20)6-9-19(18)21/h4-10,12H,3,11,13,20H2,1-2H3. The van der Waals surface area contributed by atoms with Crippen LogP contribution in [0.2, 0.25) is 0 Å². The largest absolute Gasteiger partial charge is 0.489 e. The summed E-state index contributed by atoms with van der Waals surface area (Å²) in [4.78, 5) is 0. The highest BCUT2D eigenvalue weighted by Crippen LogP contribution is 2.24. The molecule has 3 nitrogen and oxygen atoms in total. The van der Waals surface area contributed by atoms with Crippen molar-refractivity contribution >= 4 is 10.9 Å². The number of nitrogens with two attached hydrogens (primary N) is 1. The quantitative estimate of drug-likeness (QED) is 0.772.